The Hall–Kier alpha value is -2.19. The van der Waals surface area contributed by atoms with Gasteiger partial charge in [-0.1, -0.05) is 25.4 Å². The Balaban J connectivity index is 2.09. The highest BCUT2D eigenvalue weighted by Crippen LogP contribution is 2.22. The van der Waals surface area contributed by atoms with Gasteiger partial charge < -0.3 is 16.0 Å². The number of rotatable bonds is 6. The zero-order valence-electron chi connectivity index (χ0n) is 15.6. The number of hydrogen-bond acceptors (Lipinski definition) is 5. The highest BCUT2D eigenvalue weighted by molar-refractivity contribution is 6.34. The Bertz CT molecular complexity index is 725. The number of hydrogen-bond donors (Lipinski definition) is 3. The van der Waals surface area contributed by atoms with Crippen LogP contribution in [0.2, 0.25) is 5.02 Å². The van der Waals surface area contributed by atoms with Crippen LogP contribution in [-0.2, 0) is 4.79 Å². The molecule has 9 heteroatoms. The summed E-state index contributed by atoms with van der Waals surface area (Å²) in [6.45, 7) is 6.62. The number of nitro benzene ring substituents is 1. The molecule has 1 saturated heterocycles. The van der Waals surface area contributed by atoms with Crippen molar-refractivity contribution in [1.82, 2.24) is 16.0 Å². The second kappa shape index (κ2) is 9.14. The summed E-state index contributed by atoms with van der Waals surface area (Å²) in [4.78, 5) is 35.5. The molecule has 1 aliphatic rings. The molecule has 1 aromatic carbocycles. The third kappa shape index (κ3) is 5.40. The zero-order chi connectivity index (χ0) is 20.1. The number of benzene rings is 1. The first kappa shape index (κ1) is 21.1. The molecule has 148 valence electrons. The SMILES string of the molecule is CC(C)C(NC(=O)c1ccc([N+](=O)[O-])cc1Cl)C(=O)NC1CCCNC1C. The summed E-state index contributed by atoms with van der Waals surface area (Å²) < 4.78 is 0. The molecule has 0 radical (unpaired) electrons. The lowest BCUT2D eigenvalue weighted by atomic mass is 9.97. The molecule has 1 heterocycles. The molecule has 3 atom stereocenters. The molecule has 0 bridgehead atoms. The average molecular weight is 397 g/mol. The smallest absolute Gasteiger partial charge is 0.270 e. The molecule has 8 nitrogen and oxygen atoms in total. The van der Waals surface area contributed by atoms with Gasteiger partial charge in [0.25, 0.3) is 11.6 Å². The standard InChI is InChI=1S/C18H25ClN4O4/c1-10(2)16(18(25)21-15-5-4-8-20-11(15)3)22-17(24)13-7-6-12(23(26)27)9-14(13)19/h6-7,9-11,15-16,20H,4-5,8H2,1-3H3,(H,21,25)(H,22,24). The number of piperidine rings is 1. The molecule has 1 fully saturated rings. The van der Waals surface area contributed by atoms with Crippen molar-refractivity contribution in [3.8, 4) is 0 Å². The van der Waals surface area contributed by atoms with Gasteiger partial charge in [-0.15, -0.1) is 0 Å². The number of carbonyl (C=O) groups excluding carboxylic acids is 2. The maximum absolute atomic E-state index is 12.7. The molecule has 3 N–H and O–H groups in total. The predicted molar refractivity (Wildman–Crippen MR) is 103 cm³/mol. The van der Waals surface area contributed by atoms with E-state index in [1.54, 1.807) is 0 Å². The summed E-state index contributed by atoms with van der Waals surface area (Å²) in [5, 5.41) is 19.8. The summed E-state index contributed by atoms with van der Waals surface area (Å²) in [6, 6.07) is 3.05. The maximum Gasteiger partial charge on any atom is 0.270 e. The van der Waals surface area contributed by atoms with Crippen LogP contribution in [0.4, 0.5) is 5.69 Å². The first-order chi connectivity index (χ1) is 12.7. The van der Waals surface area contributed by atoms with Gasteiger partial charge in [0.1, 0.15) is 6.04 Å². The average Bonchev–Trinajstić information content (AvgIpc) is 2.60. The molecule has 0 aliphatic carbocycles. The van der Waals surface area contributed by atoms with Crippen LogP contribution in [0.5, 0.6) is 0 Å². The van der Waals surface area contributed by atoms with Crippen molar-refractivity contribution in [2.75, 3.05) is 6.54 Å². The fourth-order valence-electron chi connectivity index (χ4n) is 3.07. The fraction of sp³-hybridized carbons (Fsp3) is 0.556. The molecule has 0 spiro atoms. The topological polar surface area (TPSA) is 113 Å². The van der Waals surface area contributed by atoms with Crippen molar-refractivity contribution in [1.29, 1.82) is 0 Å². The molecule has 0 aromatic heterocycles. The summed E-state index contributed by atoms with van der Waals surface area (Å²) >= 11 is 6.01. The molecular weight excluding hydrogens is 372 g/mol. The summed E-state index contributed by atoms with van der Waals surface area (Å²) in [5.74, 6) is -0.937. The summed E-state index contributed by atoms with van der Waals surface area (Å²) in [5.41, 5.74) is -0.109. The third-order valence-electron chi connectivity index (χ3n) is 4.73. The van der Waals surface area contributed by atoms with Gasteiger partial charge >= 0.3 is 0 Å². The number of non-ortho nitro benzene ring substituents is 1. The van der Waals surface area contributed by atoms with Gasteiger partial charge in [-0.25, -0.2) is 0 Å². The Kier molecular flexibility index (Phi) is 7.15. The lowest BCUT2D eigenvalue weighted by Gasteiger charge is -2.32. The minimum Gasteiger partial charge on any atom is -0.350 e. The first-order valence-electron chi connectivity index (χ1n) is 8.99. The van der Waals surface area contributed by atoms with Crippen LogP contribution in [0.1, 0.15) is 44.0 Å². The molecule has 3 unspecified atom stereocenters. The number of nitro groups is 1. The van der Waals surface area contributed by atoms with Crippen molar-refractivity contribution in [2.45, 2.75) is 51.7 Å². The minimum absolute atomic E-state index is 0.00682. The lowest BCUT2D eigenvalue weighted by Crippen LogP contribution is -2.57. The van der Waals surface area contributed by atoms with Crippen LogP contribution in [-0.4, -0.2) is 41.4 Å². The number of carbonyl (C=O) groups is 2. The van der Waals surface area contributed by atoms with Crippen molar-refractivity contribution in [3.05, 3.63) is 38.9 Å². The lowest BCUT2D eigenvalue weighted by molar-refractivity contribution is -0.384. The third-order valence-corrected chi connectivity index (χ3v) is 5.05. The van der Waals surface area contributed by atoms with E-state index in [0.29, 0.717) is 0 Å². The number of amides is 2. The maximum atomic E-state index is 12.7. The van der Waals surface area contributed by atoms with E-state index in [4.69, 9.17) is 11.6 Å². The van der Waals surface area contributed by atoms with Crippen molar-refractivity contribution in [3.63, 3.8) is 0 Å². The van der Waals surface area contributed by atoms with Gasteiger partial charge in [-0.05, 0) is 38.3 Å². The molecular formula is C18H25ClN4O4. The molecule has 1 aliphatic heterocycles. The van der Waals surface area contributed by atoms with Crippen LogP contribution in [0.25, 0.3) is 0 Å². The van der Waals surface area contributed by atoms with Crippen molar-refractivity contribution < 1.29 is 14.5 Å². The van der Waals surface area contributed by atoms with Crippen LogP contribution >= 0.6 is 11.6 Å². The Morgan fingerprint density at radius 1 is 1.37 bits per heavy atom. The Morgan fingerprint density at radius 3 is 2.63 bits per heavy atom. The van der Waals surface area contributed by atoms with Crippen LogP contribution in [0.3, 0.4) is 0 Å². The molecule has 2 amide bonds. The molecule has 27 heavy (non-hydrogen) atoms. The fourth-order valence-corrected chi connectivity index (χ4v) is 3.33. The Morgan fingerprint density at radius 2 is 2.07 bits per heavy atom. The van der Waals surface area contributed by atoms with Gasteiger partial charge in [-0.2, -0.15) is 0 Å². The van der Waals surface area contributed by atoms with Crippen LogP contribution in [0.15, 0.2) is 18.2 Å². The van der Waals surface area contributed by atoms with E-state index < -0.39 is 16.9 Å². The number of halogens is 1. The quantitative estimate of drug-likeness (QED) is 0.504. The minimum atomic E-state index is -0.738. The van der Waals surface area contributed by atoms with Crippen LogP contribution < -0.4 is 16.0 Å². The van der Waals surface area contributed by atoms with Gasteiger partial charge in [0.2, 0.25) is 5.91 Å². The number of nitrogens with zero attached hydrogens (tertiary/aromatic N) is 1. The van der Waals surface area contributed by atoms with Crippen LogP contribution in [0, 0.1) is 16.0 Å². The normalized spacial score (nSPS) is 20.8. The van der Waals surface area contributed by atoms with E-state index in [0.717, 1.165) is 25.5 Å². The van der Waals surface area contributed by atoms with Crippen molar-refractivity contribution >= 4 is 29.1 Å². The van der Waals surface area contributed by atoms with E-state index in [-0.39, 0.29) is 40.2 Å². The zero-order valence-corrected chi connectivity index (χ0v) is 16.4. The highest BCUT2D eigenvalue weighted by Gasteiger charge is 2.30. The molecule has 1 aromatic rings. The van der Waals surface area contributed by atoms with Gasteiger partial charge in [0.05, 0.1) is 15.5 Å². The molecule has 0 saturated carbocycles. The second-order valence-corrected chi connectivity index (χ2v) is 7.52. The van der Waals surface area contributed by atoms with E-state index in [2.05, 4.69) is 16.0 Å². The van der Waals surface area contributed by atoms with E-state index in [9.17, 15) is 19.7 Å². The largest absolute Gasteiger partial charge is 0.350 e. The van der Waals surface area contributed by atoms with Gasteiger partial charge in [0, 0.05) is 24.2 Å². The summed E-state index contributed by atoms with van der Waals surface area (Å²) in [7, 11) is 0. The molecule has 2 rings (SSSR count). The first-order valence-corrected chi connectivity index (χ1v) is 9.37. The van der Waals surface area contributed by atoms with E-state index in [1.807, 2.05) is 20.8 Å². The highest BCUT2D eigenvalue weighted by atomic mass is 35.5. The summed E-state index contributed by atoms with van der Waals surface area (Å²) in [6.07, 6.45) is 1.86. The van der Waals surface area contributed by atoms with E-state index in [1.165, 1.54) is 12.1 Å². The predicted octanol–water partition coefficient (Wildman–Crippen LogP) is 2.26. The van der Waals surface area contributed by atoms with Gasteiger partial charge in [0.15, 0.2) is 0 Å². The second-order valence-electron chi connectivity index (χ2n) is 7.12. The van der Waals surface area contributed by atoms with Crippen molar-refractivity contribution in [2.24, 2.45) is 5.92 Å². The Labute approximate surface area is 163 Å². The van der Waals surface area contributed by atoms with E-state index >= 15 is 0 Å². The van der Waals surface area contributed by atoms with Gasteiger partial charge in [-0.3, -0.25) is 19.7 Å². The monoisotopic (exact) mass is 396 g/mol. The number of nitrogens with one attached hydrogen (secondary N) is 3.